The second-order valence-electron chi connectivity index (χ2n) is 9.52. The molecule has 2 aliphatic rings. The Hall–Kier alpha value is -2.76. The van der Waals surface area contributed by atoms with Crippen molar-refractivity contribution in [2.45, 2.75) is 31.6 Å². The molecule has 2 saturated heterocycles. The molecule has 0 bridgehead atoms. The molecule has 0 unspecified atom stereocenters. The third kappa shape index (κ3) is 4.66. The van der Waals surface area contributed by atoms with Gasteiger partial charge in [-0.2, -0.15) is 0 Å². The van der Waals surface area contributed by atoms with E-state index in [2.05, 4.69) is 65.3 Å². The standard InChI is InChI=1S/C28H32N2O3/c1-21-3-2-4-26(15-21)28(8-12-32-13-9-28)27(31)30-11-14-33-20-23(19-30)16-22-5-6-25-18-29-10-7-24(25)17-22/h2-7,10,15,17-18,23H,8-9,11-14,16,19-20H2,1H3/t23-/m0/s1. The summed E-state index contributed by atoms with van der Waals surface area (Å²) in [5.41, 5.74) is 3.08. The number of nitrogens with zero attached hydrogens (tertiary/aromatic N) is 2. The van der Waals surface area contributed by atoms with Crippen LogP contribution >= 0.6 is 0 Å². The fourth-order valence-electron chi connectivity index (χ4n) is 5.37. The lowest BCUT2D eigenvalue weighted by molar-refractivity contribution is -0.141. The molecule has 0 N–H and O–H groups in total. The van der Waals surface area contributed by atoms with Crippen molar-refractivity contribution < 1.29 is 14.3 Å². The molecular formula is C28H32N2O3. The van der Waals surface area contributed by atoms with Gasteiger partial charge in [0.1, 0.15) is 0 Å². The van der Waals surface area contributed by atoms with E-state index in [-0.39, 0.29) is 11.8 Å². The van der Waals surface area contributed by atoms with Crippen LogP contribution in [0, 0.1) is 12.8 Å². The summed E-state index contributed by atoms with van der Waals surface area (Å²) in [6.07, 6.45) is 6.08. The van der Waals surface area contributed by atoms with Crippen LogP contribution in [0.25, 0.3) is 10.8 Å². The molecule has 2 aromatic carbocycles. The van der Waals surface area contributed by atoms with Crippen LogP contribution in [0.3, 0.4) is 0 Å². The molecular weight excluding hydrogens is 412 g/mol. The molecule has 2 fully saturated rings. The third-order valence-electron chi connectivity index (χ3n) is 7.18. The highest BCUT2D eigenvalue weighted by molar-refractivity contribution is 5.88. The van der Waals surface area contributed by atoms with Crippen molar-refractivity contribution in [3.63, 3.8) is 0 Å². The fourth-order valence-corrected chi connectivity index (χ4v) is 5.37. The Morgan fingerprint density at radius 3 is 2.79 bits per heavy atom. The molecule has 3 heterocycles. The van der Waals surface area contributed by atoms with E-state index < -0.39 is 5.41 Å². The van der Waals surface area contributed by atoms with Gasteiger partial charge in [0, 0.05) is 50.0 Å². The number of hydrogen-bond donors (Lipinski definition) is 0. The summed E-state index contributed by atoms with van der Waals surface area (Å²) in [4.78, 5) is 20.4. The van der Waals surface area contributed by atoms with Crippen LogP contribution in [0.1, 0.15) is 29.5 Å². The Kier molecular flexibility index (Phi) is 6.43. The van der Waals surface area contributed by atoms with Crippen LogP contribution in [0.5, 0.6) is 0 Å². The van der Waals surface area contributed by atoms with Gasteiger partial charge in [0.15, 0.2) is 0 Å². The van der Waals surface area contributed by atoms with Gasteiger partial charge in [-0.1, -0.05) is 48.0 Å². The SMILES string of the molecule is Cc1cccc(C2(C(=O)N3CCOC[C@@H](Cc4ccc5cnccc5c4)C3)CCOCC2)c1. The van der Waals surface area contributed by atoms with E-state index in [1.54, 1.807) is 0 Å². The molecule has 33 heavy (non-hydrogen) atoms. The van der Waals surface area contributed by atoms with E-state index in [9.17, 15) is 4.79 Å². The number of fused-ring (bicyclic) bond motifs is 1. The summed E-state index contributed by atoms with van der Waals surface area (Å²) in [5.74, 6) is 0.502. The average molecular weight is 445 g/mol. The molecule has 1 aromatic heterocycles. The zero-order chi connectivity index (χ0) is 22.7. The van der Waals surface area contributed by atoms with Gasteiger partial charge in [-0.05, 0) is 48.8 Å². The quantitative estimate of drug-likeness (QED) is 0.602. The van der Waals surface area contributed by atoms with Crippen molar-refractivity contribution in [3.8, 4) is 0 Å². The molecule has 0 spiro atoms. The van der Waals surface area contributed by atoms with Crippen molar-refractivity contribution in [1.82, 2.24) is 9.88 Å². The monoisotopic (exact) mass is 444 g/mol. The maximum Gasteiger partial charge on any atom is 0.233 e. The highest BCUT2D eigenvalue weighted by Crippen LogP contribution is 2.37. The van der Waals surface area contributed by atoms with Crippen molar-refractivity contribution in [2.24, 2.45) is 5.92 Å². The van der Waals surface area contributed by atoms with Crippen molar-refractivity contribution in [1.29, 1.82) is 0 Å². The molecule has 5 nitrogen and oxygen atoms in total. The molecule has 0 aliphatic carbocycles. The zero-order valence-corrected chi connectivity index (χ0v) is 19.3. The number of carbonyl (C=O) groups is 1. The molecule has 5 heteroatoms. The molecule has 1 atom stereocenters. The minimum absolute atomic E-state index is 0.233. The van der Waals surface area contributed by atoms with Crippen LogP contribution < -0.4 is 0 Å². The fraction of sp³-hybridized carbons (Fsp3) is 0.429. The molecule has 2 aliphatic heterocycles. The number of hydrogen-bond acceptors (Lipinski definition) is 4. The van der Waals surface area contributed by atoms with Crippen molar-refractivity contribution in [2.75, 3.05) is 39.5 Å². The van der Waals surface area contributed by atoms with E-state index in [1.165, 1.54) is 16.5 Å². The van der Waals surface area contributed by atoms with Crippen molar-refractivity contribution >= 4 is 16.7 Å². The second-order valence-corrected chi connectivity index (χ2v) is 9.52. The summed E-state index contributed by atoms with van der Waals surface area (Å²) in [7, 11) is 0. The number of carbonyl (C=O) groups excluding carboxylic acids is 1. The van der Waals surface area contributed by atoms with Gasteiger partial charge in [0.05, 0.1) is 18.6 Å². The third-order valence-corrected chi connectivity index (χ3v) is 7.18. The lowest BCUT2D eigenvalue weighted by Gasteiger charge is -2.40. The zero-order valence-electron chi connectivity index (χ0n) is 19.3. The van der Waals surface area contributed by atoms with E-state index >= 15 is 0 Å². The molecule has 3 aromatic rings. The second kappa shape index (κ2) is 9.62. The summed E-state index contributed by atoms with van der Waals surface area (Å²) < 4.78 is 11.6. The first-order chi connectivity index (χ1) is 16.1. The molecule has 0 radical (unpaired) electrons. The largest absolute Gasteiger partial charge is 0.381 e. The predicted octanol–water partition coefficient (Wildman–Crippen LogP) is 4.31. The lowest BCUT2D eigenvalue weighted by Crippen LogP contribution is -2.51. The maximum absolute atomic E-state index is 14.1. The molecule has 5 rings (SSSR count). The van der Waals surface area contributed by atoms with Gasteiger partial charge in [0.25, 0.3) is 0 Å². The smallest absolute Gasteiger partial charge is 0.233 e. The topological polar surface area (TPSA) is 51.7 Å². The van der Waals surface area contributed by atoms with Gasteiger partial charge in [-0.15, -0.1) is 0 Å². The summed E-state index contributed by atoms with van der Waals surface area (Å²) in [5, 5.41) is 2.35. The Morgan fingerprint density at radius 1 is 1.06 bits per heavy atom. The Balaban J connectivity index is 1.38. The number of aryl methyl sites for hydroxylation is 1. The van der Waals surface area contributed by atoms with E-state index in [1.807, 2.05) is 12.4 Å². The van der Waals surface area contributed by atoms with Gasteiger partial charge in [-0.25, -0.2) is 0 Å². The minimum atomic E-state index is -0.505. The first kappa shape index (κ1) is 22.1. The number of pyridine rings is 1. The number of amides is 1. The van der Waals surface area contributed by atoms with Gasteiger partial charge in [0.2, 0.25) is 5.91 Å². The maximum atomic E-state index is 14.1. The Bertz CT molecular complexity index is 1120. The van der Waals surface area contributed by atoms with Crippen LogP contribution in [0.2, 0.25) is 0 Å². The van der Waals surface area contributed by atoms with Crippen LogP contribution in [-0.2, 0) is 26.1 Å². The lowest BCUT2D eigenvalue weighted by atomic mass is 9.72. The van der Waals surface area contributed by atoms with Crippen LogP contribution in [-0.4, -0.2) is 55.3 Å². The summed E-state index contributed by atoms with van der Waals surface area (Å²) >= 11 is 0. The van der Waals surface area contributed by atoms with E-state index in [0.717, 1.165) is 36.8 Å². The normalized spacial score (nSPS) is 21.0. The van der Waals surface area contributed by atoms with Gasteiger partial charge < -0.3 is 14.4 Å². The van der Waals surface area contributed by atoms with Crippen LogP contribution in [0.4, 0.5) is 0 Å². The van der Waals surface area contributed by atoms with Gasteiger partial charge in [-0.3, -0.25) is 9.78 Å². The van der Waals surface area contributed by atoms with Crippen molar-refractivity contribution in [3.05, 3.63) is 77.6 Å². The summed E-state index contributed by atoms with van der Waals surface area (Å²) in [6.45, 7) is 5.98. The Labute approximate surface area is 195 Å². The molecule has 172 valence electrons. The van der Waals surface area contributed by atoms with Gasteiger partial charge >= 0.3 is 0 Å². The van der Waals surface area contributed by atoms with E-state index in [4.69, 9.17) is 9.47 Å². The first-order valence-corrected chi connectivity index (χ1v) is 12.0. The number of benzene rings is 2. The minimum Gasteiger partial charge on any atom is -0.381 e. The van der Waals surface area contributed by atoms with Crippen LogP contribution in [0.15, 0.2) is 60.9 Å². The van der Waals surface area contributed by atoms with E-state index in [0.29, 0.717) is 33.0 Å². The summed E-state index contributed by atoms with van der Waals surface area (Å²) in [6, 6.07) is 17.1. The molecule has 1 amide bonds. The highest BCUT2D eigenvalue weighted by Gasteiger charge is 2.44. The first-order valence-electron chi connectivity index (χ1n) is 12.0. The number of aromatic nitrogens is 1. The average Bonchev–Trinajstić information content (AvgIpc) is 3.09. The predicted molar refractivity (Wildman–Crippen MR) is 129 cm³/mol. The number of ether oxygens (including phenoxy) is 2. The number of rotatable bonds is 4. The molecule has 0 saturated carbocycles. The highest BCUT2D eigenvalue weighted by atomic mass is 16.5. The Morgan fingerprint density at radius 2 is 1.94 bits per heavy atom.